The first-order valence-corrected chi connectivity index (χ1v) is 7.00. The number of rotatable bonds is 5. The van der Waals surface area contributed by atoms with E-state index in [1.807, 2.05) is 30.3 Å². The van der Waals surface area contributed by atoms with Crippen LogP contribution in [-0.2, 0) is 0 Å². The zero-order valence-corrected chi connectivity index (χ0v) is 12.1. The molecule has 0 amide bonds. The average molecular weight is 264 g/mol. The Morgan fingerprint density at radius 3 is 2.45 bits per heavy atom. The predicted molar refractivity (Wildman–Crippen MR) is 83.9 cm³/mol. The van der Waals surface area contributed by atoms with Gasteiger partial charge in [0.2, 0.25) is 0 Å². The van der Waals surface area contributed by atoms with Gasteiger partial charge in [-0.15, -0.1) is 0 Å². The van der Waals surface area contributed by atoms with Crippen molar-refractivity contribution in [1.29, 1.82) is 5.26 Å². The number of aryl methyl sites for hydroxylation is 1. The fraction of sp³-hybridized carbons (Fsp3) is 0.278. The van der Waals surface area contributed by atoms with Gasteiger partial charge in [-0.25, -0.2) is 0 Å². The molecule has 0 bridgehead atoms. The van der Waals surface area contributed by atoms with Crippen LogP contribution >= 0.6 is 0 Å². The smallest absolute Gasteiger partial charge is 0.0887 e. The van der Waals surface area contributed by atoms with Gasteiger partial charge in [0.25, 0.3) is 0 Å². The van der Waals surface area contributed by atoms with E-state index in [1.54, 1.807) is 0 Å². The average Bonchev–Trinajstić information content (AvgIpc) is 2.49. The molecule has 2 aromatic rings. The van der Waals surface area contributed by atoms with Crippen LogP contribution in [0, 0.1) is 18.3 Å². The van der Waals surface area contributed by atoms with E-state index >= 15 is 0 Å². The lowest BCUT2D eigenvalue weighted by Crippen LogP contribution is -2.28. The third kappa shape index (κ3) is 3.39. The Labute approximate surface area is 121 Å². The minimum absolute atomic E-state index is 0.100. The minimum Gasteiger partial charge on any atom is -0.370 e. The lowest BCUT2D eigenvalue weighted by molar-refractivity contribution is 0.756. The quantitative estimate of drug-likeness (QED) is 0.812. The predicted octanol–water partition coefficient (Wildman–Crippen LogP) is 4.13. The molecule has 0 fully saturated rings. The summed E-state index contributed by atoms with van der Waals surface area (Å²) < 4.78 is 0. The van der Waals surface area contributed by atoms with Crippen molar-refractivity contribution in [3.05, 3.63) is 65.7 Å². The van der Waals surface area contributed by atoms with Gasteiger partial charge in [0, 0.05) is 18.8 Å². The molecule has 0 radical (unpaired) electrons. The molecule has 2 heteroatoms. The van der Waals surface area contributed by atoms with Crippen molar-refractivity contribution in [2.45, 2.75) is 19.8 Å². The van der Waals surface area contributed by atoms with E-state index in [0.29, 0.717) is 0 Å². The van der Waals surface area contributed by atoms with Crippen molar-refractivity contribution in [1.82, 2.24) is 0 Å². The SMILES string of the molecule is CCN(CC(C#N)c1ccccc1)c1cccc(C)c1. The lowest BCUT2D eigenvalue weighted by atomic mass is 10.00. The Morgan fingerprint density at radius 1 is 1.10 bits per heavy atom. The number of hydrogen-bond donors (Lipinski definition) is 0. The van der Waals surface area contributed by atoms with Gasteiger partial charge in [-0.2, -0.15) is 5.26 Å². The van der Waals surface area contributed by atoms with Crippen LogP contribution in [-0.4, -0.2) is 13.1 Å². The van der Waals surface area contributed by atoms with Crippen molar-refractivity contribution in [3.63, 3.8) is 0 Å². The standard InChI is InChI=1S/C18H20N2/c1-3-20(18-11-7-8-15(2)12-18)14-17(13-19)16-9-5-4-6-10-16/h4-12,17H,3,14H2,1-2H3. The molecule has 0 aromatic heterocycles. The van der Waals surface area contributed by atoms with Crippen LogP contribution in [0.4, 0.5) is 5.69 Å². The highest BCUT2D eigenvalue weighted by Gasteiger charge is 2.15. The van der Waals surface area contributed by atoms with Crippen molar-refractivity contribution < 1.29 is 0 Å². The van der Waals surface area contributed by atoms with Crippen LogP contribution in [0.1, 0.15) is 24.0 Å². The first-order valence-electron chi connectivity index (χ1n) is 7.00. The van der Waals surface area contributed by atoms with Crippen LogP contribution < -0.4 is 4.90 Å². The highest BCUT2D eigenvalue weighted by Crippen LogP contribution is 2.21. The molecule has 1 unspecified atom stereocenters. The molecule has 1 atom stereocenters. The van der Waals surface area contributed by atoms with Gasteiger partial charge < -0.3 is 4.90 Å². The number of nitrogens with zero attached hydrogens (tertiary/aromatic N) is 2. The summed E-state index contributed by atoms with van der Waals surface area (Å²) in [5, 5.41) is 9.45. The van der Waals surface area contributed by atoms with E-state index in [-0.39, 0.29) is 5.92 Å². The van der Waals surface area contributed by atoms with E-state index in [2.05, 4.69) is 49.1 Å². The molecule has 0 N–H and O–H groups in total. The molecule has 0 saturated heterocycles. The molecule has 2 rings (SSSR count). The van der Waals surface area contributed by atoms with Crippen molar-refractivity contribution in [3.8, 4) is 6.07 Å². The molecule has 0 heterocycles. The molecule has 102 valence electrons. The monoisotopic (exact) mass is 264 g/mol. The van der Waals surface area contributed by atoms with Gasteiger partial charge in [0.05, 0.1) is 12.0 Å². The van der Waals surface area contributed by atoms with Gasteiger partial charge >= 0.3 is 0 Å². The van der Waals surface area contributed by atoms with E-state index in [4.69, 9.17) is 0 Å². The molecule has 0 saturated carbocycles. The summed E-state index contributed by atoms with van der Waals surface area (Å²) in [6.07, 6.45) is 0. The maximum absolute atomic E-state index is 9.45. The zero-order valence-electron chi connectivity index (χ0n) is 12.1. The summed E-state index contributed by atoms with van der Waals surface area (Å²) in [4.78, 5) is 2.26. The molecule has 0 aliphatic rings. The molecule has 2 nitrogen and oxygen atoms in total. The number of hydrogen-bond acceptors (Lipinski definition) is 2. The Hall–Kier alpha value is -2.27. The summed E-state index contributed by atoms with van der Waals surface area (Å²) in [7, 11) is 0. The van der Waals surface area contributed by atoms with Crippen LogP contribution in [0.15, 0.2) is 54.6 Å². The number of likely N-dealkylation sites (N-methyl/N-ethyl adjacent to an activating group) is 1. The summed E-state index contributed by atoms with van der Waals surface area (Å²) in [5.74, 6) is -0.100. The molecule has 20 heavy (non-hydrogen) atoms. The molecule has 0 aliphatic heterocycles. The maximum Gasteiger partial charge on any atom is 0.0887 e. The first kappa shape index (κ1) is 14.1. The van der Waals surface area contributed by atoms with Crippen LogP contribution in [0.5, 0.6) is 0 Å². The second kappa shape index (κ2) is 6.77. The molecular weight excluding hydrogens is 244 g/mol. The zero-order chi connectivity index (χ0) is 14.4. The third-order valence-corrected chi connectivity index (χ3v) is 3.51. The summed E-state index contributed by atoms with van der Waals surface area (Å²) in [5.41, 5.74) is 3.51. The van der Waals surface area contributed by atoms with Gasteiger partial charge in [-0.05, 0) is 37.1 Å². The highest BCUT2D eigenvalue weighted by atomic mass is 15.1. The Kier molecular flexibility index (Phi) is 4.79. The number of anilines is 1. The van der Waals surface area contributed by atoms with Crippen molar-refractivity contribution in [2.24, 2.45) is 0 Å². The van der Waals surface area contributed by atoms with Gasteiger partial charge in [-0.3, -0.25) is 0 Å². The number of benzene rings is 2. The van der Waals surface area contributed by atoms with E-state index in [9.17, 15) is 5.26 Å². The third-order valence-electron chi connectivity index (χ3n) is 3.51. The second-order valence-electron chi connectivity index (χ2n) is 4.97. The van der Waals surface area contributed by atoms with Gasteiger partial charge in [-0.1, -0.05) is 42.5 Å². The summed E-state index contributed by atoms with van der Waals surface area (Å²) >= 11 is 0. The summed E-state index contributed by atoms with van der Waals surface area (Å²) in [6, 6.07) is 20.9. The second-order valence-corrected chi connectivity index (χ2v) is 4.97. The fourth-order valence-corrected chi connectivity index (χ4v) is 2.37. The van der Waals surface area contributed by atoms with Crippen molar-refractivity contribution >= 4 is 5.69 Å². The van der Waals surface area contributed by atoms with Crippen LogP contribution in [0.25, 0.3) is 0 Å². The largest absolute Gasteiger partial charge is 0.370 e. The van der Waals surface area contributed by atoms with E-state index < -0.39 is 0 Å². The Morgan fingerprint density at radius 2 is 1.85 bits per heavy atom. The molecule has 0 spiro atoms. The van der Waals surface area contributed by atoms with Crippen LogP contribution in [0.2, 0.25) is 0 Å². The fourth-order valence-electron chi connectivity index (χ4n) is 2.37. The van der Waals surface area contributed by atoms with Gasteiger partial charge in [0.1, 0.15) is 0 Å². The highest BCUT2D eigenvalue weighted by molar-refractivity contribution is 5.49. The first-order chi connectivity index (χ1) is 9.74. The Balaban J connectivity index is 2.19. The number of nitriles is 1. The lowest BCUT2D eigenvalue weighted by Gasteiger charge is -2.26. The maximum atomic E-state index is 9.45. The van der Waals surface area contributed by atoms with E-state index in [1.165, 1.54) is 11.3 Å². The summed E-state index contributed by atoms with van der Waals surface area (Å²) in [6.45, 7) is 5.84. The van der Waals surface area contributed by atoms with Crippen LogP contribution in [0.3, 0.4) is 0 Å². The van der Waals surface area contributed by atoms with Crippen molar-refractivity contribution in [2.75, 3.05) is 18.0 Å². The molecule has 2 aromatic carbocycles. The molecular formula is C18H20N2. The normalized spacial score (nSPS) is 11.7. The Bertz CT molecular complexity index is 584. The van der Waals surface area contributed by atoms with E-state index in [0.717, 1.165) is 18.7 Å². The minimum atomic E-state index is -0.100. The van der Waals surface area contributed by atoms with Gasteiger partial charge in [0.15, 0.2) is 0 Å². The molecule has 0 aliphatic carbocycles. The topological polar surface area (TPSA) is 27.0 Å².